The van der Waals surface area contributed by atoms with Crippen molar-refractivity contribution in [3.05, 3.63) is 64.3 Å². The summed E-state index contributed by atoms with van der Waals surface area (Å²) in [6.07, 6.45) is 2.19. The van der Waals surface area contributed by atoms with Gasteiger partial charge in [0.2, 0.25) is 0 Å². The molecule has 3 aromatic rings. The summed E-state index contributed by atoms with van der Waals surface area (Å²) >= 11 is 12.0. The van der Waals surface area contributed by atoms with E-state index in [1.54, 1.807) is 12.0 Å². The van der Waals surface area contributed by atoms with Crippen LogP contribution in [0.3, 0.4) is 0 Å². The molecule has 1 unspecified atom stereocenters. The fourth-order valence-electron chi connectivity index (χ4n) is 4.23. The van der Waals surface area contributed by atoms with Crippen LogP contribution in [-0.4, -0.2) is 55.3 Å². The number of fused-ring (bicyclic) bond motifs is 3. The number of ether oxygens (including phenoxy) is 3. The number of methoxy groups -OCH3 is 1. The third-order valence-electron chi connectivity index (χ3n) is 5.83. The minimum absolute atomic E-state index is 0.211. The van der Waals surface area contributed by atoms with E-state index in [0.29, 0.717) is 37.1 Å². The van der Waals surface area contributed by atoms with Gasteiger partial charge in [0, 0.05) is 41.2 Å². The highest BCUT2D eigenvalue weighted by Crippen LogP contribution is 2.39. The number of carbonyl (C=O) groups excluding carboxylic acids is 1. The molecular formula is C25H28Cl2N2O4. The van der Waals surface area contributed by atoms with E-state index in [2.05, 4.69) is 4.98 Å². The molecule has 6 nitrogen and oxygen atoms in total. The molecule has 1 amide bonds. The molecule has 1 aliphatic rings. The zero-order valence-corrected chi connectivity index (χ0v) is 20.1. The lowest BCUT2D eigenvalue weighted by molar-refractivity contribution is 0.0629. The molecule has 4 rings (SSSR count). The van der Waals surface area contributed by atoms with Crippen LogP contribution in [0, 0.1) is 0 Å². The van der Waals surface area contributed by atoms with E-state index in [-0.39, 0.29) is 18.7 Å². The minimum atomic E-state index is -0.360. The number of aromatic amines is 1. The maximum atomic E-state index is 13.0. The number of benzene rings is 2. The van der Waals surface area contributed by atoms with Crippen molar-refractivity contribution in [2.75, 3.05) is 39.4 Å². The number of nitrogens with one attached hydrogen (secondary N) is 1. The number of hydrogen-bond acceptors (Lipinski definition) is 4. The Kier molecular flexibility index (Phi) is 8.02. The average Bonchev–Trinajstić information content (AvgIpc) is 3.19. The van der Waals surface area contributed by atoms with Crippen LogP contribution >= 0.6 is 23.2 Å². The largest absolute Gasteiger partial charge is 0.494 e. The topological polar surface area (TPSA) is 63.8 Å². The molecule has 0 saturated carbocycles. The van der Waals surface area contributed by atoms with Gasteiger partial charge in [-0.15, -0.1) is 11.6 Å². The van der Waals surface area contributed by atoms with Crippen LogP contribution < -0.4 is 4.74 Å². The van der Waals surface area contributed by atoms with Gasteiger partial charge in [0.25, 0.3) is 0 Å². The predicted octanol–water partition coefficient (Wildman–Crippen LogP) is 5.95. The van der Waals surface area contributed by atoms with Crippen molar-refractivity contribution in [2.45, 2.75) is 25.3 Å². The van der Waals surface area contributed by atoms with Crippen molar-refractivity contribution in [1.29, 1.82) is 0 Å². The van der Waals surface area contributed by atoms with Crippen molar-refractivity contribution >= 4 is 40.2 Å². The smallest absolute Gasteiger partial charge is 0.410 e. The second kappa shape index (κ2) is 11.1. The number of rotatable bonds is 9. The van der Waals surface area contributed by atoms with Gasteiger partial charge < -0.3 is 19.2 Å². The number of halogens is 2. The first-order valence-electron chi connectivity index (χ1n) is 11.1. The van der Waals surface area contributed by atoms with Crippen LogP contribution in [0.4, 0.5) is 4.79 Å². The number of aromatic nitrogens is 1. The Morgan fingerprint density at radius 3 is 2.70 bits per heavy atom. The van der Waals surface area contributed by atoms with Crippen LogP contribution in [-0.2, 0) is 15.9 Å². The van der Waals surface area contributed by atoms with E-state index in [9.17, 15) is 4.79 Å². The number of hydrogen-bond donors (Lipinski definition) is 1. The lowest BCUT2D eigenvalue weighted by atomic mass is 9.92. The number of alkyl halides is 1. The molecule has 1 aromatic heterocycles. The van der Waals surface area contributed by atoms with Gasteiger partial charge in [-0.25, -0.2) is 4.79 Å². The third kappa shape index (κ3) is 5.40. The molecule has 0 spiro atoms. The fraction of sp³-hybridized carbons (Fsp3) is 0.400. The molecular weight excluding hydrogens is 463 g/mol. The normalized spacial score (nSPS) is 15.5. The number of amides is 1. The Morgan fingerprint density at radius 1 is 1.12 bits per heavy atom. The predicted molar refractivity (Wildman–Crippen MR) is 131 cm³/mol. The van der Waals surface area contributed by atoms with Gasteiger partial charge >= 0.3 is 6.09 Å². The molecule has 1 aliphatic heterocycles. The van der Waals surface area contributed by atoms with E-state index in [4.69, 9.17) is 37.4 Å². The van der Waals surface area contributed by atoms with Crippen molar-refractivity contribution in [2.24, 2.45) is 0 Å². The van der Waals surface area contributed by atoms with Gasteiger partial charge in [-0.1, -0.05) is 23.7 Å². The summed E-state index contributed by atoms with van der Waals surface area (Å²) < 4.78 is 16.3. The van der Waals surface area contributed by atoms with Crippen molar-refractivity contribution < 1.29 is 19.0 Å². The van der Waals surface area contributed by atoms with E-state index in [1.807, 2.05) is 42.5 Å². The summed E-state index contributed by atoms with van der Waals surface area (Å²) in [7, 11) is 1.58. The molecule has 1 N–H and O–H groups in total. The summed E-state index contributed by atoms with van der Waals surface area (Å²) in [6, 6.07) is 13.4. The van der Waals surface area contributed by atoms with Gasteiger partial charge in [-0.3, -0.25) is 4.90 Å². The highest BCUT2D eigenvalue weighted by Gasteiger charge is 2.35. The highest BCUT2D eigenvalue weighted by atomic mass is 35.5. The maximum Gasteiger partial charge on any atom is 0.410 e. The Bertz CT molecular complexity index is 1080. The summed E-state index contributed by atoms with van der Waals surface area (Å²) in [5, 5.41) is 1.78. The number of nitrogens with zero attached hydrogens (tertiary/aromatic N) is 1. The van der Waals surface area contributed by atoms with Crippen LogP contribution in [0.25, 0.3) is 10.9 Å². The molecule has 0 aliphatic carbocycles. The first-order valence-corrected chi connectivity index (χ1v) is 12.0. The van der Waals surface area contributed by atoms with Crippen molar-refractivity contribution in [3.8, 4) is 5.75 Å². The number of H-pyrrole nitrogens is 1. The summed E-state index contributed by atoms with van der Waals surface area (Å²) in [6.45, 7) is 1.74. The molecule has 2 aromatic carbocycles. The van der Waals surface area contributed by atoms with Gasteiger partial charge in [0.1, 0.15) is 18.4 Å². The molecule has 2 heterocycles. The fourth-order valence-corrected chi connectivity index (χ4v) is 4.59. The van der Waals surface area contributed by atoms with E-state index < -0.39 is 0 Å². The Hall–Kier alpha value is -2.41. The molecule has 0 saturated heterocycles. The third-order valence-corrected chi connectivity index (χ3v) is 6.33. The zero-order valence-electron chi connectivity index (χ0n) is 18.6. The Morgan fingerprint density at radius 2 is 1.94 bits per heavy atom. The first kappa shape index (κ1) is 23.7. The standard InChI is InChI=1S/C25H28Cl2N2O4/c1-31-14-15-33-25(30)29-12-10-20-21-16-18(27)6-9-22(21)28-23(20)24(29)17-4-7-19(8-5-17)32-13-3-2-11-26/h4-9,16,24,28H,2-3,10-15H2,1H3. The molecule has 1 atom stereocenters. The molecule has 33 heavy (non-hydrogen) atoms. The monoisotopic (exact) mass is 490 g/mol. The maximum absolute atomic E-state index is 13.0. The lowest BCUT2D eigenvalue weighted by Crippen LogP contribution is -2.41. The van der Waals surface area contributed by atoms with E-state index in [0.717, 1.165) is 40.8 Å². The summed E-state index contributed by atoms with van der Waals surface area (Å²) in [5.41, 5.74) is 4.14. The van der Waals surface area contributed by atoms with Crippen LogP contribution in [0.15, 0.2) is 42.5 Å². The Labute approximate surface area is 203 Å². The zero-order chi connectivity index (χ0) is 23.2. The Balaban J connectivity index is 1.65. The first-order chi connectivity index (χ1) is 16.1. The van der Waals surface area contributed by atoms with E-state index in [1.165, 1.54) is 5.56 Å². The van der Waals surface area contributed by atoms with Crippen LogP contribution in [0.5, 0.6) is 5.75 Å². The molecule has 8 heteroatoms. The molecule has 176 valence electrons. The van der Waals surface area contributed by atoms with Gasteiger partial charge in [-0.2, -0.15) is 0 Å². The number of carbonyl (C=O) groups is 1. The van der Waals surface area contributed by atoms with Crippen molar-refractivity contribution in [3.63, 3.8) is 0 Å². The minimum Gasteiger partial charge on any atom is -0.494 e. The van der Waals surface area contributed by atoms with Crippen LogP contribution in [0.2, 0.25) is 5.02 Å². The van der Waals surface area contributed by atoms with Crippen LogP contribution in [0.1, 0.15) is 35.7 Å². The summed E-state index contributed by atoms with van der Waals surface area (Å²) in [5.74, 6) is 1.43. The molecule has 0 fully saturated rings. The van der Waals surface area contributed by atoms with Gasteiger partial charge in [0.05, 0.1) is 13.2 Å². The van der Waals surface area contributed by atoms with Gasteiger partial charge in [0.15, 0.2) is 0 Å². The van der Waals surface area contributed by atoms with E-state index >= 15 is 0 Å². The quantitative estimate of drug-likeness (QED) is 0.297. The average molecular weight is 491 g/mol. The summed E-state index contributed by atoms with van der Waals surface area (Å²) in [4.78, 5) is 18.3. The second-order valence-electron chi connectivity index (χ2n) is 7.97. The molecule has 0 radical (unpaired) electrons. The highest BCUT2D eigenvalue weighted by molar-refractivity contribution is 6.31. The lowest BCUT2D eigenvalue weighted by Gasteiger charge is -2.35. The SMILES string of the molecule is COCCOC(=O)N1CCc2c([nH]c3ccc(Cl)cc23)C1c1ccc(OCCCCCl)cc1. The van der Waals surface area contributed by atoms with Crippen molar-refractivity contribution in [1.82, 2.24) is 9.88 Å². The van der Waals surface area contributed by atoms with Gasteiger partial charge in [-0.05, 0) is 60.7 Å². The second-order valence-corrected chi connectivity index (χ2v) is 8.79. The molecule has 0 bridgehead atoms. The number of unbranched alkanes of at least 4 members (excludes halogenated alkanes) is 1.